The molecule has 1 unspecified atom stereocenters. The van der Waals surface area contributed by atoms with Crippen LogP contribution in [-0.4, -0.2) is 38.5 Å². The van der Waals surface area contributed by atoms with Crippen LogP contribution in [0.4, 0.5) is 10.9 Å². The lowest BCUT2D eigenvalue weighted by Crippen LogP contribution is -2.20. The molecular formula is C23H22N6OS. The van der Waals surface area contributed by atoms with Gasteiger partial charge in [-0.3, -0.25) is 15.1 Å². The molecule has 0 bridgehead atoms. The molecule has 0 aromatic carbocycles. The molecule has 0 spiro atoms. The summed E-state index contributed by atoms with van der Waals surface area (Å²) in [5.41, 5.74) is 2.73. The summed E-state index contributed by atoms with van der Waals surface area (Å²) in [5.74, 6) is 1.20. The number of nitrogens with one attached hydrogen (secondary N) is 1. The van der Waals surface area contributed by atoms with Crippen LogP contribution in [0.2, 0.25) is 0 Å². The van der Waals surface area contributed by atoms with Gasteiger partial charge in [-0.25, -0.2) is 9.97 Å². The quantitative estimate of drug-likeness (QED) is 0.500. The maximum atomic E-state index is 12.9. The highest BCUT2D eigenvalue weighted by Gasteiger charge is 2.27. The highest BCUT2D eigenvalue weighted by Crippen LogP contribution is 2.31. The number of hydrogen-bond acceptors (Lipinski definition) is 6. The first-order valence-electron chi connectivity index (χ1n) is 10.2. The molecule has 156 valence electrons. The zero-order valence-corrected chi connectivity index (χ0v) is 17.7. The highest BCUT2D eigenvalue weighted by atomic mass is 32.1. The monoisotopic (exact) mass is 430 g/mol. The maximum Gasteiger partial charge on any atom is 0.274 e. The number of aromatic nitrogens is 4. The Morgan fingerprint density at radius 1 is 1.13 bits per heavy atom. The molecule has 0 saturated carbocycles. The van der Waals surface area contributed by atoms with Crippen LogP contribution < -0.4 is 10.2 Å². The normalized spacial score (nSPS) is 15.9. The molecule has 4 aromatic rings. The third-order valence-electron chi connectivity index (χ3n) is 5.49. The lowest BCUT2D eigenvalue weighted by Gasteiger charge is -2.16. The van der Waals surface area contributed by atoms with Gasteiger partial charge in [0.25, 0.3) is 5.91 Å². The van der Waals surface area contributed by atoms with E-state index in [4.69, 9.17) is 4.98 Å². The SMILES string of the molecule is O=C(Nc1nc(C2CCN(c3ccccn3)C2)cs1)c1cccn1Cc1ccncc1. The van der Waals surface area contributed by atoms with E-state index in [1.165, 1.54) is 11.3 Å². The van der Waals surface area contributed by atoms with Gasteiger partial charge in [0.2, 0.25) is 0 Å². The van der Waals surface area contributed by atoms with Crippen molar-refractivity contribution in [1.82, 2.24) is 19.5 Å². The summed E-state index contributed by atoms with van der Waals surface area (Å²) in [6.45, 7) is 2.47. The first-order chi connectivity index (χ1) is 15.3. The van der Waals surface area contributed by atoms with Crippen LogP contribution in [0.25, 0.3) is 0 Å². The van der Waals surface area contributed by atoms with Crippen LogP contribution in [0, 0.1) is 0 Å². The fourth-order valence-corrected chi connectivity index (χ4v) is 4.67. The standard InChI is InChI=1S/C23H22N6OS/c30-22(20-4-3-12-28(20)14-17-6-10-24-11-7-17)27-23-26-19(16-31-23)18-8-13-29(15-18)21-5-1-2-9-25-21/h1-7,9-12,16,18H,8,13-15H2,(H,26,27,30). The van der Waals surface area contributed by atoms with E-state index < -0.39 is 0 Å². The minimum absolute atomic E-state index is 0.151. The van der Waals surface area contributed by atoms with Gasteiger partial charge < -0.3 is 9.47 Å². The fraction of sp³-hybridized carbons (Fsp3) is 0.217. The van der Waals surface area contributed by atoms with E-state index in [2.05, 4.69) is 25.6 Å². The molecule has 1 fully saturated rings. The van der Waals surface area contributed by atoms with Gasteiger partial charge in [0.15, 0.2) is 5.13 Å². The summed E-state index contributed by atoms with van der Waals surface area (Å²) < 4.78 is 1.93. The molecule has 1 N–H and O–H groups in total. The van der Waals surface area contributed by atoms with Crippen molar-refractivity contribution in [3.05, 3.63) is 89.6 Å². The number of amides is 1. The van der Waals surface area contributed by atoms with Crippen molar-refractivity contribution < 1.29 is 4.79 Å². The van der Waals surface area contributed by atoms with Crippen molar-refractivity contribution in [1.29, 1.82) is 0 Å². The number of nitrogens with zero attached hydrogens (tertiary/aromatic N) is 5. The molecule has 5 heterocycles. The molecular weight excluding hydrogens is 408 g/mol. The van der Waals surface area contributed by atoms with Gasteiger partial charge in [0.05, 0.1) is 5.69 Å². The van der Waals surface area contributed by atoms with E-state index in [0.29, 0.717) is 23.3 Å². The highest BCUT2D eigenvalue weighted by molar-refractivity contribution is 7.14. The summed E-state index contributed by atoms with van der Waals surface area (Å²) in [4.78, 5) is 28.3. The maximum absolute atomic E-state index is 12.9. The van der Waals surface area contributed by atoms with E-state index in [9.17, 15) is 4.79 Å². The van der Waals surface area contributed by atoms with Crippen LogP contribution in [0.5, 0.6) is 0 Å². The first kappa shape index (κ1) is 19.4. The first-order valence-corrected chi connectivity index (χ1v) is 11.1. The van der Waals surface area contributed by atoms with Gasteiger partial charge in [0.1, 0.15) is 11.5 Å². The van der Waals surface area contributed by atoms with E-state index >= 15 is 0 Å². The van der Waals surface area contributed by atoms with Crippen molar-refractivity contribution in [2.24, 2.45) is 0 Å². The number of carbonyl (C=O) groups is 1. The summed E-state index contributed by atoms with van der Waals surface area (Å²) in [5, 5.41) is 5.65. The molecule has 0 radical (unpaired) electrons. The molecule has 1 saturated heterocycles. The fourth-order valence-electron chi connectivity index (χ4n) is 3.89. The second-order valence-electron chi connectivity index (χ2n) is 7.53. The molecule has 7 nitrogen and oxygen atoms in total. The van der Waals surface area contributed by atoms with E-state index in [0.717, 1.165) is 36.6 Å². The van der Waals surface area contributed by atoms with E-state index in [-0.39, 0.29) is 5.91 Å². The smallest absolute Gasteiger partial charge is 0.274 e. The Morgan fingerprint density at radius 2 is 2.03 bits per heavy atom. The largest absolute Gasteiger partial charge is 0.356 e. The topological polar surface area (TPSA) is 75.9 Å². The third-order valence-corrected chi connectivity index (χ3v) is 6.26. The molecule has 4 aromatic heterocycles. The average Bonchev–Trinajstić information content (AvgIpc) is 3.56. The summed E-state index contributed by atoms with van der Waals surface area (Å²) in [6.07, 6.45) is 8.28. The number of carbonyl (C=O) groups excluding carboxylic acids is 1. The van der Waals surface area contributed by atoms with Crippen LogP contribution in [0.3, 0.4) is 0 Å². The van der Waals surface area contributed by atoms with Gasteiger partial charge in [0, 0.05) is 55.7 Å². The van der Waals surface area contributed by atoms with Crippen LogP contribution in [0.15, 0.2) is 72.6 Å². The van der Waals surface area contributed by atoms with Gasteiger partial charge in [-0.05, 0) is 48.4 Å². The lowest BCUT2D eigenvalue weighted by molar-refractivity contribution is 0.101. The summed E-state index contributed by atoms with van der Waals surface area (Å²) in [7, 11) is 0. The van der Waals surface area contributed by atoms with Crippen LogP contribution >= 0.6 is 11.3 Å². The predicted octanol–water partition coefficient (Wildman–Crippen LogP) is 4.03. The van der Waals surface area contributed by atoms with Gasteiger partial charge in [-0.15, -0.1) is 11.3 Å². The predicted molar refractivity (Wildman–Crippen MR) is 122 cm³/mol. The molecule has 1 amide bonds. The Bertz CT molecular complexity index is 1160. The molecule has 1 aliphatic rings. The summed E-state index contributed by atoms with van der Waals surface area (Å²) in [6, 6.07) is 13.6. The number of thiazole rings is 1. The number of pyridine rings is 2. The van der Waals surface area contributed by atoms with Crippen molar-refractivity contribution in [3.8, 4) is 0 Å². The second-order valence-corrected chi connectivity index (χ2v) is 8.39. The van der Waals surface area contributed by atoms with Crippen molar-refractivity contribution in [3.63, 3.8) is 0 Å². The minimum Gasteiger partial charge on any atom is -0.356 e. The molecule has 8 heteroatoms. The van der Waals surface area contributed by atoms with Crippen molar-refractivity contribution in [2.75, 3.05) is 23.3 Å². The average molecular weight is 431 g/mol. The van der Waals surface area contributed by atoms with Gasteiger partial charge >= 0.3 is 0 Å². The second kappa shape index (κ2) is 8.69. The Balaban J connectivity index is 1.24. The van der Waals surface area contributed by atoms with E-state index in [1.54, 1.807) is 12.4 Å². The van der Waals surface area contributed by atoms with Gasteiger partial charge in [-0.2, -0.15) is 0 Å². The zero-order valence-electron chi connectivity index (χ0n) is 16.9. The Hall–Kier alpha value is -3.52. The van der Waals surface area contributed by atoms with Crippen LogP contribution in [-0.2, 0) is 6.54 Å². The minimum atomic E-state index is -0.151. The van der Waals surface area contributed by atoms with Crippen molar-refractivity contribution >= 4 is 28.2 Å². The molecule has 0 aliphatic carbocycles. The number of rotatable bonds is 6. The zero-order chi connectivity index (χ0) is 21.0. The number of anilines is 2. The molecule has 1 aliphatic heterocycles. The Morgan fingerprint density at radius 3 is 2.87 bits per heavy atom. The van der Waals surface area contributed by atoms with Gasteiger partial charge in [-0.1, -0.05) is 6.07 Å². The van der Waals surface area contributed by atoms with Crippen molar-refractivity contribution in [2.45, 2.75) is 18.9 Å². The molecule has 5 rings (SSSR count). The lowest BCUT2D eigenvalue weighted by atomic mass is 10.1. The van der Waals surface area contributed by atoms with E-state index in [1.807, 2.05) is 59.4 Å². The third kappa shape index (κ3) is 4.34. The molecule has 1 atom stereocenters. The Labute approximate surface area is 184 Å². The summed E-state index contributed by atoms with van der Waals surface area (Å²) >= 11 is 1.47. The molecule has 31 heavy (non-hydrogen) atoms. The Kier molecular flexibility index (Phi) is 5.45. The van der Waals surface area contributed by atoms with Crippen LogP contribution in [0.1, 0.15) is 34.1 Å². The number of hydrogen-bond donors (Lipinski definition) is 1.